The molecule has 0 unspecified atom stereocenters. The van der Waals surface area contributed by atoms with Gasteiger partial charge in [0.15, 0.2) is 0 Å². The molecule has 0 bridgehead atoms. The van der Waals surface area contributed by atoms with Crippen LogP contribution in [0.25, 0.3) is 0 Å². The standard InChI is InChI=1S/C17H23FN2O4/c18-14-5-3-13(4-6-14)16(22)19-15(2-1-11-21)12-7-9-20(10-8-12)17(23)24/h3-6,12,15,21H,1-2,7-11H2,(H,19,22)(H,23,24)/t15-/m1/s1. The molecule has 2 rings (SSSR count). The average Bonchev–Trinajstić information content (AvgIpc) is 2.59. The van der Waals surface area contributed by atoms with Crippen molar-refractivity contribution in [2.24, 2.45) is 5.92 Å². The summed E-state index contributed by atoms with van der Waals surface area (Å²) in [5, 5.41) is 21.0. The molecule has 3 N–H and O–H groups in total. The summed E-state index contributed by atoms with van der Waals surface area (Å²) in [5.41, 5.74) is 0.383. The van der Waals surface area contributed by atoms with Gasteiger partial charge in [0.05, 0.1) is 0 Å². The first-order chi connectivity index (χ1) is 11.5. The number of rotatable bonds is 6. The van der Waals surface area contributed by atoms with E-state index >= 15 is 0 Å². The number of nitrogens with one attached hydrogen (secondary N) is 1. The van der Waals surface area contributed by atoms with Crippen LogP contribution in [0.3, 0.4) is 0 Å². The van der Waals surface area contributed by atoms with E-state index in [1.54, 1.807) is 0 Å². The van der Waals surface area contributed by atoms with Crippen LogP contribution in [0.1, 0.15) is 36.0 Å². The summed E-state index contributed by atoms with van der Waals surface area (Å²) in [4.78, 5) is 24.7. The smallest absolute Gasteiger partial charge is 0.407 e. The SMILES string of the molecule is O=C(N[C@H](CCCO)C1CCN(C(=O)O)CC1)c1ccc(F)cc1. The van der Waals surface area contributed by atoms with Crippen LogP contribution in [-0.4, -0.2) is 52.9 Å². The van der Waals surface area contributed by atoms with Gasteiger partial charge in [-0.05, 0) is 55.9 Å². The van der Waals surface area contributed by atoms with Gasteiger partial charge in [-0.25, -0.2) is 9.18 Å². The van der Waals surface area contributed by atoms with E-state index in [1.165, 1.54) is 29.2 Å². The molecule has 2 amide bonds. The predicted molar refractivity (Wildman–Crippen MR) is 86.3 cm³/mol. The molecule has 0 saturated carbocycles. The third-order valence-electron chi connectivity index (χ3n) is 4.48. The lowest BCUT2D eigenvalue weighted by Crippen LogP contribution is -2.46. The molecule has 7 heteroatoms. The Morgan fingerprint density at radius 1 is 1.25 bits per heavy atom. The topological polar surface area (TPSA) is 89.9 Å². The Balaban J connectivity index is 1.98. The van der Waals surface area contributed by atoms with Crippen molar-refractivity contribution in [2.75, 3.05) is 19.7 Å². The maximum absolute atomic E-state index is 13.0. The van der Waals surface area contributed by atoms with Gasteiger partial charge in [-0.2, -0.15) is 0 Å². The summed E-state index contributed by atoms with van der Waals surface area (Å²) in [5.74, 6) is -0.514. The number of amides is 2. The molecule has 0 spiro atoms. The Labute approximate surface area is 140 Å². The van der Waals surface area contributed by atoms with E-state index in [0.717, 1.165) is 0 Å². The van der Waals surface area contributed by atoms with Gasteiger partial charge in [-0.15, -0.1) is 0 Å². The van der Waals surface area contributed by atoms with Gasteiger partial charge in [-0.3, -0.25) is 4.79 Å². The lowest BCUT2D eigenvalue weighted by Gasteiger charge is -2.35. The maximum atomic E-state index is 13.0. The largest absolute Gasteiger partial charge is 0.465 e. The van der Waals surface area contributed by atoms with Crippen LogP contribution in [0, 0.1) is 11.7 Å². The molecule has 6 nitrogen and oxygen atoms in total. The number of halogens is 1. The number of carbonyl (C=O) groups is 2. The molecule has 0 aliphatic carbocycles. The van der Waals surface area contributed by atoms with Gasteiger partial charge in [0.25, 0.3) is 5.91 Å². The number of hydrogen-bond donors (Lipinski definition) is 3. The number of piperidine rings is 1. The van der Waals surface area contributed by atoms with Crippen molar-refractivity contribution < 1.29 is 24.2 Å². The lowest BCUT2D eigenvalue weighted by atomic mass is 9.86. The second-order valence-electron chi connectivity index (χ2n) is 6.06. The number of aliphatic hydroxyl groups excluding tert-OH is 1. The highest BCUT2D eigenvalue weighted by atomic mass is 19.1. The molecular weight excluding hydrogens is 315 g/mol. The van der Waals surface area contributed by atoms with Crippen molar-refractivity contribution in [3.63, 3.8) is 0 Å². The fraction of sp³-hybridized carbons (Fsp3) is 0.529. The minimum Gasteiger partial charge on any atom is -0.465 e. The highest BCUT2D eigenvalue weighted by Crippen LogP contribution is 2.24. The van der Waals surface area contributed by atoms with Gasteiger partial charge in [0, 0.05) is 31.3 Å². The van der Waals surface area contributed by atoms with Crippen LogP contribution >= 0.6 is 0 Å². The first kappa shape index (κ1) is 18.2. The molecule has 1 aliphatic rings. The van der Waals surface area contributed by atoms with Crippen molar-refractivity contribution in [1.82, 2.24) is 10.2 Å². The normalized spacial score (nSPS) is 16.7. The average molecular weight is 338 g/mol. The zero-order valence-electron chi connectivity index (χ0n) is 13.4. The fourth-order valence-corrected chi connectivity index (χ4v) is 3.08. The molecule has 132 valence electrons. The molecule has 1 saturated heterocycles. The van der Waals surface area contributed by atoms with E-state index in [2.05, 4.69) is 5.32 Å². The lowest BCUT2D eigenvalue weighted by molar-refractivity contribution is 0.0867. The van der Waals surface area contributed by atoms with Gasteiger partial charge in [-0.1, -0.05) is 0 Å². The monoisotopic (exact) mass is 338 g/mol. The Morgan fingerprint density at radius 3 is 2.42 bits per heavy atom. The summed E-state index contributed by atoms with van der Waals surface area (Å²) in [6, 6.07) is 5.21. The van der Waals surface area contributed by atoms with Crippen molar-refractivity contribution >= 4 is 12.0 Å². The van der Waals surface area contributed by atoms with E-state index in [9.17, 15) is 14.0 Å². The molecule has 0 aromatic heterocycles. The first-order valence-electron chi connectivity index (χ1n) is 8.16. The van der Waals surface area contributed by atoms with Crippen molar-refractivity contribution in [2.45, 2.75) is 31.7 Å². The minimum absolute atomic E-state index is 0.0386. The number of hydrogen-bond acceptors (Lipinski definition) is 3. The van der Waals surface area contributed by atoms with Gasteiger partial charge >= 0.3 is 6.09 Å². The van der Waals surface area contributed by atoms with Crippen molar-refractivity contribution in [3.05, 3.63) is 35.6 Å². The quantitative estimate of drug-likeness (QED) is 0.741. The number of carboxylic acid groups (broad SMARTS) is 1. The van der Waals surface area contributed by atoms with Crippen LogP contribution in [-0.2, 0) is 0 Å². The molecule has 0 radical (unpaired) electrons. The van der Waals surface area contributed by atoms with Crippen LogP contribution in [0.4, 0.5) is 9.18 Å². The van der Waals surface area contributed by atoms with E-state index in [-0.39, 0.29) is 24.5 Å². The predicted octanol–water partition coefficient (Wildman–Crippen LogP) is 2.09. The molecule has 1 atom stereocenters. The Morgan fingerprint density at radius 2 is 1.88 bits per heavy atom. The number of carbonyl (C=O) groups excluding carboxylic acids is 1. The van der Waals surface area contributed by atoms with E-state index in [4.69, 9.17) is 10.2 Å². The molecule has 1 fully saturated rings. The zero-order chi connectivity index (χ0) is 17.5. The first-order valence-corrected chi connectivity index (χ1v) is 8.16. The third-order valence-corrected chi connectivity index (χ3v) is 4.48. The highest BCUT2D eigenvalue weighted by molar-refractivity contribution is 5.94. The number of likely N-dealkylation sites (tertiary alicyclic amines) is 1. The molecule has 24 heavy (non-hydrogen) atoms. The number of aliphatic hydroxyl groups is 1. The molecule has 1 aromatic rings. The summed E-state index contributed by atoms with van der Waals surface area (Å²) >= 11 is 0. The second kappa shape index (κ2) is 8.63. The van der Waals surface area contributed by atoms with Gasteiger partial charge in [0.2, 0.25) is 0 Å². The Kier molecular flexibility index (Phi) is 6.54. The van der Waals surface area contributed by atoms with Crippen LogP contribution < -0.4 is 5.32 Å². The number of nitrogens with zero attached hydrogens (tertiary/aromatic N) is 1. The maximum Gasteiger partial charge on any atom is 0.407 e. The molecular formula is C17H23FN2O4. The van der Waals surface area contributed by atoms with Gasteiger partial charge < -0.3 is 20.4 Å². The second-order valence-corrected chi connectivity index (χ2v) is 6.06. The van der Waals surface area contributed by atoms with E-state index in [1.807, 2.05) is 0 Å². The fourth-order valence-electron chi connectivity index (χ4n) is 3.08. The summed E-state index contributed by atoms with van der Waals surface area (Å²) < 4.78 is 13.0. The Bertz CT molecular complexity index is 556. The van der Waals surface area contributed by atoms with Crippen LogP contribution in [0.2, 0.25) is 0 Å². The minimum atomic E-state index is -0.921. The molecule has 1 aliphatic heterocycles. The third kappa shape index (κ3) is 4.92. The molecule has 1 aromatic carbocycles. The summed E-state index contributed by atoms with van der Waals surface area (Å²) in [6.07, 6.45) is 1.61. The van der Waals surface area contributed by atoms with E-state index in [0.29, 0.717) is 44.3 Å². The Hall–Kier alpha value is -2.15. The zero-order valence-corrected chi connectivity index (χ0v) is 13.4. The van der Waals surface area contributed by atoms with Crippen LogP contribution in [0.15, 0.2) is 24.3 Å². The van der Waals surface area contributed by atoms with Crippen molar-refractivity contribution in [1.29, 1.82) is 0 Å². The van der Waals surface area contributed by atoms with Gasteiger partial charge in [0.1, 0.15) is 5.82 Å². The van der Waals surface area contributed by atoms with Crippen molar-refractivity contribution in [3.8, 4) is 0 Å². The summed E-state index contributed by atoms with van der Waals surface area (Å²) in [7, 11) is 0. The van der Waals surface area contributed by atoms with Crippen LogP contribution in [0.5, 0.6) is 0 Å². The molecule has 1 heterocycles. The summed E-state index contributed by atoms with van der Waals surface area (Å²) in [6.45, 7) is 0.932. The number of benzene rings is 1. The van der Waals surface area contributed by atoms with E-state index < -0.39 is 11.9 Å². The highest BCUT2D eigenvalue weighted by Gasteiger charge is 2.29.